The van der Waals surface area contributed by atoms with Gasteiger partial charge in [0, 0.05) is 13.2 Å². The molecular weight excluding hydrogens is 218 g/mol. The number of rotatable bonds is 6. The summed E-state index contributed by atoms with van der Waals surface area (Å²) in [5, 5.41) is 0. The quantitative estimate of drug-likeness (QED) is 0.665. The zero-order valence-corrected chi connectivity index (χ0v) is 11.3. The van der Waals surface area contributed by atoms with Crippen molar-refractivity contribution in [1.82, 2.24) is 4.90 Å². The molecule has 0 radical (unpaired) electrons. The number of carbonyl (C=O) groups excluding carboxylic acids is 1. The van der Waals surface area contributed by atoms with Gasteiger partial charge in [0.1, 0.15) is 6.04 Å². The number of carbonyl (C=O) groups is 1. The van der Waals surface area contributed by atoms with E-state index in [1.54, 1.807) is 0 Å². The summed E-state index contributed by atoms with van der Waals surface area (Å²) < 4.78 is 10.6. The van der Waals surface area contributed by atoms with Crippen molar-refractivity contribution in [2.45, 2.75) is 39.2 Å². The third-order valence-corrected chi connectivity index (χ3v) is 3.28. The highest BCUT2D eigenvalue weighted by Gasteiger charge is 2.25. The predicted molar refractivity (Wildman–Crippen MR) is 66.9 cm³/mol. The number of hydrogen-bond donors (Lipinski definition) is 0. The molecule has 1 fully saturated rings. The Morgan fingerprint density at radius 1 is 1.53 bits per heavy atom. The first kappa shape index (κ1) is 14.5. The topological polar surface area (TPSA) is 38.8 Å². The van der Waals surface area contributed by atoms with Crippen molar-refractivity contribution in [3.8, 4) is 0 Å². The molecule has 0 bridgehead atoms. The zero-order valence-electron chi connectivity index (χ0n) is 11.3. The van der Waals surface area contributed by atoms with Gasteiger partial charge in [-0.15, -0.1) is 0 Å². The first-order valence-corrected chi connectivity index (χ1v) is 6.63. The molecule has 0 saturated carbocycles. The smallest absolute Gasteiger partial charge is 0.323 e. The molecule has 1 aliphatic rings. The number of hydrogen-bond acceptors (Lipinski definition) is 4. The van der Waals surface area contributed by atoms with E-state index in [1.807, 2.05) is 20.9 Å². The van der Waals surface area contributed by atoms with Crippen LogP contribution in [0.1, 0.15) is 33.1 Å². The monoisotopic (exact) mass is 243 g/mol. The van der Waals surface area contributed by atoms with Gasteiger partial charge >= 0.3 is 5.97 Å². The highest BCUT2D eigenvalue weighted by atomic mass is 16.5. The molecule has 2 atom stereocenters. The summed E-state index contributed by atoms with van der Waals surface area (Å²) in [5.74, 6) is 0.450. The van der Waals surface area contributed by atoms with Crippen LogP contribution in [0.15, 0.2) is 0 Å². The lowest BCUT2D eigenvalue weighted by Crippen LogP contribution is -2.43. The highest BCUT2D eigenvalue weighted by Crippen LogP contribution is 2.16. The molecule has 0 N–H and O–H groups in total. The zero-order chi connectivity index (χ0) is 12.7. The molecule has 1 heterocycles. The van der Waals surface area contributed by atoms with E-state index < -0.39 is 0 Å². The first-order chi connectivity index (χ1) is 8.19. The second-order valence-corrected chi connectivity index (χ2v) is 4.70. The minimum atomic E-state index is -0.114. The van der Waals surface area contributed by atoms with Gasteiger partial charge in [0.2, 0.25) is 0 Å². The van der Waals surface area contributed by atoms with Gasteiger partial charge in [-0.2, -0.15) is 0 Å². The SMILES string of the molecule is CCOC(=O)C(CC)N(C)CC1CCCOC1. The fourth-order valence-corrected chi connectivity index (χ4v) is 2.38. The Hall–Kier alpha value is -0.610. The number of ether oxygens (including phenoxy) is 2. The molecule has 0 amide bonds. The second kappa shape index (κ2) is 7.67. The Kier molecular flexibility index (Phi) is 6.52. The number of nitrogens with zero attached hydrogens (tertiary/aromatic N) is 1. The standard InChI is InChI=1S/C13H25NO3/c1-4-12(13(15)17-5-2)14(3)9-11-7-6-8-16-10-11/h11-12H,4-10H2,1-3H3. The Morgan fingerprint density at radius 3 is 2.82 bits per heavy atom. The van der Waals surface area contributed by atoms with Crippen molar-refractivity contribution in [3.05, 3.63) is 0 Å². The fraction of sp³-hybridized carbons (Fsp3) is 0.923. The molecule has 17 heavy (non-hydrogen) atoms. The molecule has 1 rings (SSSR count). The fourth-order valence-electron chi connectivity index (χ4n) is 2.38. The Balaban J connectivity index is 2.41. The Labute approximate surface area is 104 Å². The van der Waals surface area contributed by atoms with Crippen molar-refractivity contribution in [1.29, 1.82) is 0 Å². The summed E-state index contributed by atoms with van der Waals surface area (Å²) in [6, 6.07) is -0.114. The van der Waals surface area contributed by atoms with Crippen molar-refractivity contribution in [3.63, 3.8) is 0 Å². The van der Waals surface area contributed by atoms with Crippen LogP contribution in [-0.4, -0.2) is 50.3 Å². The van der Waals surface area contributed by atoms with Crippen LogP contribution in [-0.2, 0) is 14.3 Å². The highest BCUT2D eigenvalue weighted by molar-refractivity contribution is 5.75. The van der Waals surface area contributed by atoms with Crippen LogP contribution in [0.2, 0.25) is 0 Å². The minimum absolute atomic E-state index is 0.103. The van der Waals surface area contributed by atoms with Gasteiger partial charge in [-0.1, -0.05) is 6.92 Å². The van der Waals surface area contributed by atoms with E-state index >= 15 is 0 Å². The molecule has 0 spiro atoms. The van der Waals surface area contributed by atoms with Crippen LogP contribution < -0.4 is 0 Å². The van der Waals surface area contributed by atoms with Crippen LogP contribution in [0, 0.1) is 5.92 Å². The molecule has 0 aliphatic carbocycles. The van der Waals surface area contributed by atoms with Crippen LogP contribution in [0.25, 0.3) is 0 Å². The second-order valence-electron chi connectivity index (χ2n) is 4.70. The van der Waals surface area contributed by atoms with E-state index in [-0.39, 0.29) is 12.0 Å². The van der Waals surface area contributed by atoms with Gasteiger partial charge < -0.3 is 9.47 Å². The summed E-state index contributed by atoms with van der Waals surface area (Å²) in [6.07, 6.45) is 3.13. The molecule has 0 aromatic carbocycles. The van der Waals surface area contributed by atoms with Crippen molar-refractivity contribution in [2.24, 2.45) is 5.92 Å². The maximum atomic E-state index is 11.8. The van der Waals surface area contributed by atoms with E-state index in [9.17, 15) is 4.79 Å². The summed E-state index contributed by atoms with van der Waals surface area (Å²) >= 11 is 0. The Morgan fingerprint density at radius 2 is 2.29 bits per heavy atom. The summed E-state index contributed by atoms with van der Waals surface area (Å²) in [5.41, 5.74) is 0. The lowest BCUT2D eigenvalue weighted by atomic mass is 10.0. The summed E-state index contributed by atoms with van der Waals surface area (Å²) in [4.78, 5) is 13.9. The third-order valence-electron chi connectivity index (χ3n) is 3.28. The van der Waals surface area contributed by atoms with Gasteiger partial charge in [-0.3, -0.25) is 9.69 Å². The minimum Gasteiger partial charge on any atom is -0.465 e. The molecule has 100 valence electrons. The molecule has 0 aromatic heterocycles. The number of esters is 1. The van der Waals surface area contributed by atoms with E-state index in [0.29, 0.717) is 12.5 Å². The van der Waals surface area contributed by atoms with Crippen LogP contribution >= 0.6 is 0 Å². The molecular formula is C13H25NO3. The van der Waals surface area contributed by atoms with Gasteiger partial charge in [0.25, 0.3) is 0 Å². The lowest BCUT2D eigenvalue weighted by Gasteiger charge is -2.31. The van der Waals surface area contributed by atoms with Crippen LogP contribution in [0.4, 0.5) is 0 Å². The van der Waals surface area contributed by atoms with Gasteiger partial charge in [-0.25, -0.2) is 0 Å². The molecule has 2 unspecified atom stereocenters. The average Bonchev–Trinajstić information content (AvgIpc) is 2.31. The molecule has 1 aliphatic heterocycles. The summed E-state index contributed by atoms with van der Waals surface area (Å²) in [6.45, 7) is 6.95. The van der Waals surface area contributed by atoms with Crippen molar-refractivity contribution >= 4 is 5.97 Å². The van der Waals surface area contributed by atoms with Gasteiger partial charge in [-0.05, 0) is 39.2 Å². The van der Waals surface area contributed by atoms with E-state index in [1.165, 1.54) is 6.42 Å². The molecule has 1 saturated heterocycles. The van der Waals surface area contributed by atoms with E-state index in [2.05, 4.69) is 4.90 Å². The predicted octanol–water partition coefficient (Wildman–Crippen LogP) is 1.69. The van der Waals surface area contributed by atoms with Gasteiger partial charge in [0.05, 0.1) is 13.2 Å². The summed E-state index contributed by atoms with van der Waals surface area (Å²) in [7, 11) is 2.00. The lowest BCUT2D eigenvalue weighted by molar-refractivity contribution is -0.149. The maximum Gasteiger partial charge on any atom is 0.323 e. The average molecular weight is 243 g/mol. The molecule has 4 nitrogen and oxygen atoms in total. The molecule has 0 aromatic rings. The van der Waals surface area contributed by atoms with Crippen LogP contribution in [0.5, 0.6) is 0 Å². The Bertz CT molecular complexity index is 227. The van der Waals surface area contributed by atoms with Crippen molar-refractivity contribution in [2.75, 3.05) is 33.4 Å². The normalized spacial score (nSPS) is 22.5. The number of likely N-dealkylation sites (N-methyl/N-ethyl adjacent to an activating group) is 1. The van der Waals surface area contributed by atoms with E-state index in [4.69, 9.17) is 9.47 Å². The first-order valence-electron chi connectivity index (χ1n) is 6.63. The van der Waals surface area contributed by atoms with Crippen molar-refractivity contribution < 1.29 is 14.3 Å². The third kappa shape index (κ3) is 4.64. The van der Waals surface area contributed by atoms with E-state index in [0.717, 1.165) is 32.6 Å². The van der Waals surface area contributed by atoms with Gasteiger partial charge in [0.15, 0.2) is 0 Å². The maximum absolute atomic E-state index is 11.8. The molecule has 4 heteroatoms. The van der Waals surface area contributed by atoms with Crippen LogP contribution in [0.3, 0.4) is 0 Å². The largest absolute Gasteiger partial charge is 0.465 e.